The second-order valence-corrected chi connectivity index (χ2v) is 26.2. The lowest BCUT2D eigenvalue weighted by Crippen LogP contribution is -2.67. The molecule has 2 aromatic carbocycles. The maximum Gasteiger partial charge on any atom is 0.302 e. The van der Waals surface area contributed by atoms with Crippen molar-refractivity contribution < 1.29 is 27.9 Å². The fourth-order valence-electron chi connectivity index (χ4n) is 7.31. The van der Waals surface area contributed by atoms with E-state index in [0.29, 0.717) is 13.0 Å². The van der Waals surface area contributed by atoms with E-state index in [4.69, 9.17) is 23.1 Å². The number of hydrogen-bond acceptors (Lipinski definition) is 6. The highest BCUT2D eigenvalue weighted by Crippen LogP contribution is 2.46. The summed E-state index contributed by atoms with van der Waals surface area (Å²) in [5.74, 6) is -1.16. The van der Waals surface area contributed by atoms with Gasteiger partial charge in [0.1, 0.15) is 6.10 Å². The molecule has 0 spiro atoms. The number of hydrogen-bond donors (Lipinski definition) is 0. The highest BCUT2D eigenvalue weighted by Gasteiger charge is 2.54. The van der Waals surface area contributed by atoms with Gasteiger partial charge in [-0.05, 0) is 33.5 Å². The van der Waals surface area contributed by atoms with Crippen molar-refractivity contribution in [2.24, 2.45) is 23.7 Å². The summed E-state index contributed by atoms with van der Waals surface area (Å²) in [6.07, 6.45) is -0.279. The van der Waals surface area contributed by atoms with E-state index in [1.54, 1.807) is 7.11 Å². The van der Waals surface area contributed by atoms with Gasteiger partial charge in [0.15, 0.2) is 14.1 Å². The van der Waals surface area contributed by atoms with Gasteiger partial charge in [-0.3, -0.25) is 4.79 Å². The molecule has 0 bridgehead atoms. The third-order valence-corrected chi connectivity index (χ3v) is 20.8. The lowest BCUT2D eigenvalue weighted by atomic mass is 9.77. The Morgan fingerprint density at radius 1 is 0.896 bits per heavy atom. The Labute approximate surface area is 294 Å². The molecule has 3 rings (SSSR count). The van der Waals surface area contributed by atoms with Crippen molar-refractivity contribution >= 4 is 33.0 Å². The lowest BCUT2D eigenvalue weighted by molar-refractivity contribution is -0.330. The molecule has 0 radical (unpaired) electrons. The Bertz CT molecular complexity index is 1260. The molecule has 1 aliphatic rings. The maximum absolute atomic E-state index is 12.3. The minimum absolute atomic E-state index is 0.0110. The predicted octanol–water partition coefficient (Wildman–Crippen LogP) is 8.58. The molecule has 8 heteroatoms. The van der Waals surface area contributed by atoms with Gasteiger partial charge in [0.2, 0.25) is 0 Å². The van der Waals surface area contributed by atoms with Gasteiger partial charge >= 0.3 is 5.97 Å². The lowest BCUT2D eigenvalue weighted by Gasteiger charge is -2.52. The molecule has 7 atom stereocenters. The maximum atomic E-state index is 12.3. The fourth-order valence-corrected chi connectivity index (χ4v) is 13.5. The molecule has 1 aliphatic heterocycles. The molecule has 270 valence electrons. The zero-order chi connectivity index (χ0) is 36.3. The van der Waals surface area contributed by atoms with Crippen molar-refractivity contribution in [2.75, 3.05) is 13.7 Å². The number of methoxy groups -OCH3 is 1. The molecule has 2 aromatic rings. The third-order valence-electron chi connectivity index (χ3n) is 11.3. The quantitative estimate of drug-likeness (QED) is 0.154. The number of carbonyl (C=O) groups is 1. The minimum Gasteiger partial charge on any atom is -0.462 e. The first-order valence-corrected chi connectivity index (χ1v) is 22.8. The Balaban J connectivity index is 2.12. The van der Waals surface area contributed by atoms with Crippen molar-refractivity contribution in [1.82, 2.24) is 0 Å². The van der Waals surface area contributed by atoms with Crippen LogP contribution in [0, 0.1) is 23.7 Å². The normalized spacial score (nSPS) is 24.6. The van der Waals surface area contributed by atoms with E-state index in [2.05, 4.69) is 150 Å². The Kier molecular flexibility index (Phi) is 13.2. The molecule has 0 saturated carbocycles. The molecule has 48 heavy (non-hydrogen) atoms. The van der Waals surface area contributed by atoms with Crippen LogP contribution in [0.4, 0.5) is 0 Å². The highest BCUT2D eigenvalue weighted by molar-refractivity contribution is 6.99. The zero-order valence-corrected chi connectivity index (χ0v) is 34.7. The molecular weight excluding hydrogens is 633 g/mol. The Morgan fingerprint density at radius 3 is 1.79 bits per heavy atom. The van der Waals surface area contributed by atoms with Crippen LogP contribution in [0.3, 0.4) is 0 Å². The molecule has 0 aliphatic carbocycles. The zero-order valence-electron chi connectivity index (χ0n) is 32.7. The van der Waals surface area contributed by atoms with Gasteiger partial charge in [-0.15, -0.1) is 0 Å². The molecule has 0 unspecified atom stereocenters. The largest absolute Gasteiger partial charge is 0.462 e. The van der Waals surface area contributed by atoms with Crippen LogP contribution in [-0.2, 0) is 27.9 Å². The second-order valence-electron chi connectivity index (χ2n) is 17.1. The summed E-state index contributed by atoms with van der Waals surface area (Å²) in [6.45, 7) is 31.4. The second kappa shape index (κ2) is 15.6. The van der Waals surface area contributed by atoms with Gasteiger partial charge in [0, 0.05) is 50.7 Å². The van der Waals surface area contributed by atoms with Crippen LogP contribution in [0.15, 0.2) is 60.7 Å². The van der Waals surface area contributed by atoms with Gasteiger partial charge in [0.05, 0.1) is 12.2 Å². The highest BCUT2D eigenvalue weighted by atomic mass is 28.4. The van der Waals surface area contributed by atoms with E-state index in [1.165, 1.54) is 17.3 Å². The van der Waals surface area contributed by atoms with Crippen LogP contribution in [0.25, 0.3) is 0 Å². The average molecular weight is 699 g/mol. The number of benzene rings is 2. The Morgan fingerprint density at radius 2 is 1.40 bits per heavy atom. The molecule has 0 N–H and O–H groups in total. The smallest absolute Gasteiger partial charge is 0.302 e. The summed E-state index contributed by atoms with van der Waals surface area (Å²) in [5, 5.41) is 2.41. The summed E-state index contributed by atoms with van der Waals surface area (Å²) in [4.78, 5) is 12.3. The number of ether oxygens (including phenoxy) is 3. The molecule has 1 heterocycles. The summed E-state index contributed by atoms with van der Waals surface area (Å²) >= 11 is 0. The molecule has 0 aromatic heterocycles. The van der Waals surface area contributed by atoms with Crippen LogP contribution >= 0.6 is 0 Å². The van der Waals surface area contributed by atoms with Crippen LogP contribution in [0.5, 0.6) is 0 Å². The first kappa shape index (κ1) is 40.6. The van der Waals surface area contributed by atoms with Gasteiger partial charge in [-0.25, -0.2) is 0 Å². The molecule has 0 amide bonds. The van der Waals surface area contributed by atoms with Crippen LogP contribution in [0.1, 0.15) is 89.5 Å². The van der Waals surface area contributed by atoms with Gasteiger partial charge in [0.25, 0.3) is 8.32 Å². The average Bonchev–Trinajstić information content (AvgIpc) is 3.00. The van der Waals surface area contributed by atoms with Gasteiger partial charge < -0.3 is 23.1 Å². The summed E-state index contributed by atoms with van der Waals surface area (Å²) in [5.41, 5.74) is 0. The van der Waals surface area contributed by atoms with E-state index in [-0.39, 0.29) is 58.0 Å². The predicted molar refractivity (Wildman–Crippen MR) is 203 cm³/mol. The van der Waals surface area contributed by atoms with Crippen LogP contribution < -0.4 is 10.4 Å². The van der Waals surface area contributed by atoms with E-state index in [1.807, 2.05) is 0 Å². The molecule has 6 nitrogen and oxygen atoms in total. The van der Waals surface area contributed by atoms with Gasteiger partial charge in [-0.2, -0.15) is 0 Å². The van der Waals surface area contributed by atoms with Gasteiger partial charge in [-0.1, -0.05) is 137 Å². The van der Waals surface area contributed by atoms with Crippen LogP contribution in [-0.4, -0.2) is 60.4 Å². The van der Waals surface area contributed by atoms with E-state index < -0.39 is 22.4 Å². The number of carbonyl (C=O) groups excluding carboxylic acids is 1. The van der Waals surface area contributed by atoms with E-state index >= 15 is 0 Å². The monoisotopic (exact) mass is 698 g/mol. The third kappa shape index (κ3) is 8.55. The number of rotatable bonds is 13. The molecular formula is C40H66O6Si2. The van der Waals surface area contributed by atoms with Crippen LogP contribution in [0.2, 0.25) is 23.2 Å². The van der Waals surface area contributed by atoms with Crippen molar-refractivity contribution in [3.05, 3.63) is 60.7 Å². The van der Waals surface area contributed by atoms with Crippen molar-refractivity contribution in [3.8, 4) is 0 Å². The van der Waals surface area contributed by atoms with E-state index in [9.17, 15) is 4.79 Å². The first-order valence-electron chi connectivity index (χ1n) is 18.0. The summed E-state index contributed by atoms with van der Waals surface area (Å²) in [7, 11) is -3.31. The topological polar surface area (TPSA) is 63.2 Å². The molecule has 1 fully saturated rings. The van der Waals surface area contributed by atoms with E-state index in [0.717, 1.165) is 0 Å². The number of esters is 1. The SMILES string of the molecule is CO[C@@]1(C(C)C)C[C@H](OC(C)=O)[C@H](C)[C@H]([C@@H](C)[C@@H](O[Si](C)(C)C(C)(C)C)[C@H](C)CO[Si](c2ccccc2)(c2ccccc2)C(C)(C)C)O1. The Hall–Kier alpha value is -1.82. The molecule has 1 saturated heterocycles. The first-order chi connectivity index (χ1) is 22.1. The standard InChI is InChI=1S/C40H66O6Si2/c1-28(2)40(42-13)26-35(44-32(6)41)30(4)37(45-40)31(5)36(46-47(14,15)38(7,8)9)29(3)27-43-48(39(10,11)12,33-22-18-16-19-23-33)34-24-20-17-21-25-34/h16-25,28-31,35-37H,26-27H2,1-15H3/t29-,30+,31+,35+,36+,37-,40+/m1/s1. The summed E-state index contributed by atoms with van der Waals surface area (Å²) in [6, 6.07) is 21.6. The van der Waals surface area contributed by atoms with Crippen molar-refractivity contribution in [1.29, 1.82) is 0 Å². The fraction of sp³-hybridized carbons (Fsp3) is 0.675. The minimum atomic E-state index is -2.77. The summed E-state index contributed by atoms with van der Waals surface area (Å²) < 4.78 is 34.0. The van der Waals surface area contributed by atoms with Crippen molar-refractivity contribution in [2.45, 2.75) is 137 Å². The van der Waals surface area contributed by atoms with Crippen molar-refractivity contribution in [3.63, 3.8) is 0 Å².